The van der Waals surface area contributed by atoms with E-state index >= 15 is 0 Å². The van der Waals surface area contributed by atoms with Gasteiger partial charge >= 0.3 is 12.0 Å². The Morgan fingerprint density at radius 1 is 1.30 bits per heavy atom. The highest BCUT2D eigenvalue weighted by Gasteiger charge is 2.50. The van der Waals surface area contributed by atoms with E-state index in [4.69, 9.17) is 4.74 Å². The van der Waals surface area contributed by atoms with Crippen molar-refractivity contribution in [1.82, 2.24) is 9.80 Å². The molecule has 2 heterocycles. The van der Waals surface area contributed by atoms with Crippen LogP contribution in [0.1, 0.15) is 40.0 Å². The smallest absolute Gasteiger partial charge is 0.329 e. The molecule has 1 unspecified atom stereocenters. The van der Waals surface area contributed by atoms with Gasteiger partial charge in [0.25, 0.3) is 0 Å². The molecule has 1 N–H and O–H groups in total. The lowest BCUT2D eigenvalue weighted by molar-refractivity contribution is -0.149. The van der Waals surface area contributed by atoms with Crippen LogP contribution in [0.25, 0.3) is 0 Å². The number of amides is 2. The molecule has 20 heavy (non-hydrogen) atoms. The van der Waals surface area contributed by atoms with Gasteiger partial charge in [0.2, 0.25) is 0 Å². The average Bonchev–Trinajstić information content (AvgIpc) is 2.81. The molecule has 2 aliphatic heterocycles. The summed E-state index contributed by atoms with van der Waals surface area (Å²) in [4.78, 5) is 27.6. The van der Waals surface area contributed by atoms with Crippen LogP contribution in [-0.4, -0.2) is 64.3 Å². The highest BCUT2D eigenvalue weighted by atomic mass is 16.5. The fourth-order valence-electron chi connectivity index (χ4n) is 3.40. The second-order valence-electron chi connectivity index (χ2n) is 5.89. The second-order valence-corrected chi connectivity index (χ2v) is 5.89. The molecule has 6 nitrogen and oxygen atoms in total. The second kappa shape index (κ2) is 5.60. The minimum Gasteiger partial charge on any atom is -0.479 e. The molecule has 0 bridgehead atoms. The highest BCUT2D eigenvalue weighted by Crippen LogP contribution is 2.34. The molecule has 3 atom stereocenters. The Morgan fingerprint density at radius 2 is 1.90 bits per heavy atom. The van der Waals surface area contributed by atoms with Gasteiger partial charge in [-0.15, -0.1) is 0 Å². The van der Waals surface area contributed by atoms with Crippen LogP contribution in [0.3, 0.4) is 0 Å². The average molecular weight is 284 g/mol. The maximum absolute atomic E-state index is 12.7. The van der Waals surface area contributed by atoms with Gasteiger partial charge in [-0.3, -0.25) is 0 Å². The monoisotopic (exact) mass is 284 g/mol. The standard InChI is InChI=1S/C14H24N2O4/c1-4-14(12(17)18)6-5-7-16(14)13(19)15-8-10(2)20-11(3)9-15/h10-11H,4-9H2,1-3H3,(H,17,18)/t10-,11+,14?. The summed E-state index contributed by atoms with van der Waals surface area (Å²) < 4.78 is 5.63. The number of likely N-dealkylation sites (tertiary alicyclic amines) is 1. The van der Waals surface area contributed by atoms with Crippen LogP contribution in [0.15, 0.2) is 0 Å². The van der Waals surface area contributed by atoms with E-state index in [-0.39, 0.29) is 18.2 Å². The maximum atomic E-state index is 12.7. The minimum absolute atomic E-state index is 0.00819. The molecule has 6 heteroatoms. The van der Waals surface area contributed by atoms with Crippen molar-refractivity contribution in [2.75, 3.05) is 19.6 Å². The normalized spacial score (nSPS) is 34.4. The van der Waals surface area contributed by atoms with Gasteiger partial charge in [-0.2, -0.15) is 0 Å². The lowest BCUT2D eigenvalue weighted by atomic mass is 9.93. The van der Waals surface area contributed by atoms with Gasteiger partial charge in [-0.25, -0.2) is 9.59 Å². The van der Waals surface area contributed by atoms with Crippen LogP contribution in [0.5, 0.6) is 0 Å². The summed E-state index contributed by atoms with van der Waals surface area (Å²) >= 11 is 0. The molecule has 2 amide bonds. The van der Waals surface area contributed by atoms with E-state index in [0.717, 1.165) is 6.42 Å². The SMILES string of the molecule is CCC1(C(=O)O)CCCN1C(=O)N1C[C@@H](C)O[C@@H](C)C1. The van der Waals surface area contributed by atoms with Crippen LogP contribution >= 0.6 is 0 Å². The molecule has 0 radical (unpaired) electrons. The van der Waals surface area contributed by atoms with Gasteiger partial charge in [0.15, 0.2) is 0 Å². The van der Waals surface area contributed by atoms with Crippen LogP contribution in [-0.2, 0) is 9.53 Å². The number of carboxylic acid groups (broad SMARTS) is 1. The number of morpholine rings is 1. The quantitative estimate of drug-likeness (QED) is 0.835. The Kier molecular flexibility index (Phi) is 4.22. The van der Waals surface area contributed by atoms with Gasteiger partial charge in [0, 0.05) is 19.6 Å². The van der Waals surface area contributed by atoms with Gasteiger partial charge in [-0.1, -0.05) is 6.92 Å². The molecule has 0 aliphatic carbocycles. The summed E-state index contributed by atoms with van der Waals surface area (Å²) in [6.45, 7) is 7.29. The van der Waals surface area contributed by atoms with Crippen molar-refractivity contribution in [1.29, 1.82) is 0 Å². The van der Waals surface area contributed by atoms with E-state index in [1.807, 2.05) is 20.8 Å². The van der Waals surface area contributed by atoms with E-state index < -0.39 is 11.5 Å². The van der Waals surface area contributed by atoms with E-state index in [1.165, 1.54) is 0 Å². The number of urea groups is 1. The zero-order chi connectivity index (χ0) is 14.9. The maximum Gasteiger partial charge on any atom is 0.329 e. The third-order valence-corrected chi connectivity index (χ3v) is 4.39. The minimum atomic E-state index is -1.03. The molecule has 0 aromatic rings. The van der Waals surface area contributed by atoms with Gasteiger partial charge < -0.3 is 19.6 Å². The van der Waals surface area contributed by atoms with Gasteiger partial charge in [0.1, 0.15) is 5.54 Å². The molecular formula is C14H24N2O4. The molecule has 2 saturated heterocycles. The summed E-state index contributed by atoms with van der Waals surface area (Å²) in [7, 11) is 0. The Balaban J connectivity index is 2.17. The van der Waals surface area contributed by atoms with E-state index in [0.29, 0.717) is 32.5 Å². The summed E-state index contributed by atoms with van der Waals surface area (Å²) in [5.41, 5.74) is -1.03. The number of carboxylic acids is 1. The summed E-state index contributed by atoms with van der Waals surface area (Å²) in [5, 5.41) is 9.55. The molecule has 2 rings (SSSR count). The number of aliphatic carboxylic acids is 1. The van der Waals surface area contributed by atoms with Gasteiger partial charge in [-0.05, 0) is 33.1 Å². The fourth-order valence-corrected chi connectivity index (χ4v) is 3.40. The molecular weight excluding hydrogens is 260 g/mol. The first-order valence-electron chi connectivity index (χ1n) is 7.36. The largest absolute Gasteiger partial charge is 0.479 e. The number of hydrogen-bond acceptors (Lipinski definition) is 3. The van der Waals surface area contributed by atoms with Crippen molar-refractivity contribution < 1.29 is 19.4 Å². The first kappa shape index (κ1) is 15.1. The van der Waals surface area contributed by atoms with Crippen LogP contribution in [0.2, 0.25) is 0 Å². The third kappa shape index (κ3) is 2.49. The van der Waals surface area contributed by atoms with Crippen LogP contribution in [0, 0.1) is 0 Å². The molecule has 114 valence electrons. The Morgan fingerprint density at radius 3 is 2.40 bits per heavy atom. The topological polar surface area (TPSA) is 70.1 Å². The lowest BCUT2D eigenvalue weighted by Crippen LogP contribution is -2.59. The molecule has 0 spiro atoms. The van der Waals surface area contributed by atoms with Crippen LogP contribution in [0.4, 0.5) is 4.79 Å². The van der Waals surface area contributed by atoms with Crippen molar-refractivity contribution in [3.05, 3.63) is 0 Å². The van der Waals surface area contributed by atoms with E-state index in [2.05, 4.69) is 0 Å². The lowest BCUT2D eigenvalue weighted by Gasteiger charge is -2.41. The zero-order valence-corrected chi connectivity index (χ0v) is 12.5. The van der Waals surface area contributed by atoms with Crippen molar-refractivity contribution in [2.45, 2.75) is 57.8 Å². The highest BCUT2D eigenvalue weighted by molar-refractivity contribution is 5.87. The zero-order valence-electron chi connectivity index (χ0n) is 12.5. The van der Waals surface area contributed by atoms with E-state index in [1.54, 1.807) is 9.80 Å². The molecule has 2 aliphatic rings. The summed E-state index contributed by atoms with van der Waals surface area (Å²) in [5.74, 6) is -0.889. The first-order valence-corrected chi connectivity index (χ1v) is 7.36. The predicted octanol–water partition coefficient (Wildman–Crippen LogP) is 1.54. The Hall–Kier alpha value is -1.30. The fraction of sp³-hybridized carbons (Fsp3) is 0.857. The van der Waals surface area contributed by atoms with Crippen molar-refractivity contribution in [3.63, 3.8) is 0 Å². The number of hydrogen-bond donors (Lipinski definition) is 1. The number of rotatable bonds is 2. The van der Waals surface area contributed by atoms with Gasteiger partial charge in [0.05, 0.1) is 12.2 Å². The van der Waals surface area contributed by atoms with Crippen molar-refractivity contribution >= 4 is 12.0 Å². The Labute approximate surface area is 119 Å². The molecule has 0 saturated carbocycles. The number of carbonyl (C=O) groups excluding carboxylic acids is 1. The van der Waals surface area contributed by atoms with E-state index in [9.17, 15) is 14.7 Å². The Bertz CT molecular complexity index is 391. The number of carbonyl (C=O) groups is 2. The summed E-state index contributed by atoms with van der Waals surface area (Å²) in [6.07, 6.45) is 1.72. The first-order chi connectivity index (χ1) is 9.40. The van der Waals surface area contributed by atoms with Crippen molar-refractivity contribution in [2.24, 2.45) is 0 Å². The number of nitrogens with zero attached hydrogens (tertiary/aromatic N) is 2. The van der Waals surface area contributed by atoms with Crippen molar-refractivity contribution in [3.8, 4) is 0 Å². The molecule has 0 aromatic heterocycles. The molecule has 2 fully saturated rings. The number of ether oxygens (including phenoxy) is 1. The molecule has 0 aromatic carbocycles. The summed E-state index contributed by atoms with van der Waals surface area (Å²) in [6, 6.07) is -0.159. The van der Waals surface area contributed by atoms with Crippen LogP contribution < -0.4 is 0 Å². The third-order valence-electron chi connectivity index (χ3n) is 4.39. The predicted molar refractivity (Wildman–Crippen MR) is 73.6 cm³/mol.